The summed E-state index contributed by atoms with van der Waals surface area (Å²) in [5.41, 5.74) is 4.67. The molecule has 1 rings (SSSR count). The van der Waals surface area contributed by atoms with Crippen molar-refractivity contribution in [1.29, 1.82) is 0 Å². The molecule has 0 saturated carbocycles. The zero-order chi connectivity index (χ0) is 13.7. The normalized spacial score (nSPS) is 16.3. The summed E-state index contributed by atoms with van der Waals surface area (Å²) in [6, 6.07) is 7.21. The van der Waals surface area contributed by atoms with Crippen LogP contribution >= 0.6 is 0 Å². The third kappa shape index (κ3) is 3.37. The highest BCUT2D eigenvalue weighted by Gasteiger charge is 2.15. The van der Waals surface area contributed by atoms with Gasteiger partial charge >= 0.3 is 0 Å². The lowest BCUT2D eigenvalue weighted by molar-refractivity contribution is 0.668. The molecule has 0 nitrogen and oxygen atoms in total. The largest absolute Gasteiger partial charge is 0.0648 e. The van der Waals surface area contributed by atoms with E-state index in [4.69, 9.17) is 0 Å². The third-order valence-corrected chi connectivity index (χ3v) is 4.58. The maximum absolute atomic E-state index is 2.48. The van der Waals surface area contributed by atoms with Crippen molar-refractivity contribution in [3.63, 3.8) is 0 Å². The highest BCUT2D eigenvalue weighted by molar-refractivity contribution is 5.38. The van der Waals surface area contributed by atoms with Gasteiger partial charge in [-0.3, -0.25) is 0 Å². The van der Waals surface area contributed by atoms with Crippen LogP contribution < -0.4 is 0 Å². The molecule has 0 heterocycles. The SMILES string of the molecule is CC[C@H](C)c1ccc([C@@H](C)CC)c([C@@H](C)CC)c1. The fraction of sp³-hybridized carbons (Fsp3) is 0.667. The molecule has 0 fully saturated rings. The van der Waals surface area contributed by atoms with Crippen LogP contribution in [0.4, 0.5) is 0 Å². The Morgan fingerprint density at radius 3 is 1.72 bits per heavy atom. The van der Waals surface area contributed by atoms with Crippen LogP contribution in [0, 0.1) is 0 Å². The number of rotatable bonds is 6. The lowest BCUT2D eigenvalue weighted by Gasteiger charge is -2.22. The van der Waals surface area contributed by atoms with E-state index in [0.717, 1.165) is 0 Å². The monoisotopic (exact) mass is 246 g/mol. The Balaban J connectivity index is 3.20. The Labute approximate surface area is 114 Å². The molecule has 3 atom stereocenters. The lowest BCUT2D eigenvalue weighted by Crippen LogP contribution is -2.04. The van der Waals surface area contributed by atoms with Crippen LogP contribution in [0.3, 0.4) is 0 Å². The Bertz CT molecular complexity index is 364. The van der Waals surface area contributed by atoms with Gasteiger partial charge in [0.25, 0.3) is 0 Å². The average molecular weight is 246 g/mol. The van der Waals surface area contributed by atoms with Gasteiger partial charge in [-0.05, 0) is 53.7 Å². The second kappa shape index (κ2) is 6.97. The second-order valence-electron chi connectivity index (χ2n) is 5.82. The number of benzene rings is 1. The van der Waals surface area contributed by atoms with E-state index in [-0.39, 0.29) is 0 Å². The maximum Gasteiger partial charge on any atom is -0.0190 e. The molecule has 0 aliphatic heterocycles. The van der Waals surface area contributed by atoms with Gasteiger partial charge in [0.2, 0.25) is 0 Å². The molecule has 0 radical (unpaired) electrons. The number of hydrogen-bond donors (Lipinski definition) is 0. The van der Waals surface area contributed by atoms with Gasteiger partial charge in [0.05, 0.1) is 0 Å². The van der Waals surface area contributed by atoms with E-state index in [0.29, 0.717) is 17.8 Å². The smallest absolute Gasteiger partial charge is 0.0190 e. The molecule has 0 N–H and O–H groups in total. The quantitative estimate of drug-likeness (QED) is 0.558. The first-order valence-corrected chi connectivity index (χ1v) is 7.68. The highest BCUT2D eigenvalue weighted by atomic mass is 14.2. The first-order chi connectivity index (χ1) is 8.54. The van der Waals surface area contributed by atoms with Crippen molar-refractivity contribution in [3.05, 3.63) is 34.9 Å². The van der Waals surface area contributed by atoms with Crippen LogP contribution in [0.25, 0.3) is 0 Å². The van der Waals surface area contributed by atoms with Crippen molar-refractivity contribution in [1.82, 2.24) is 0 Å². The predicted molar refractivity (Wildman–Crippen MR) is 82.6 cm³/mol. The first kappa shape index (κ1) is 15.3. The van der Waals surface area contributed by atoms with E-state index in [9.17, 15) is 0 Å². The molecular weight excluding hydrogens is 216 g/mol. The van der Waals surface area contributed by atoms with Crippen LogP contribution in [-0.4, -0.2) is 0 Å². The minimum atomic E-state index is 0.679. The van der Waals surface area contributed by atoms with E-state index in [1.165, 1.54) is 24.8 Å². The van der Waals surface area contributed by atoms with Gasteiger partial charge in [-0.2, -0.15) is 0 Å². The molecule has 1 aromatic rings. The molecule has 0 aliphatic rings. The summed E-state index contributed by atoms with van der Waals surface area (Å²) >= 11 is 0. The molecule has 0 amide bonds. The Kier molecular flexibility index (Phi) is 5.91. The van der Waals surface area contributed by atoms with E-state index < -0.39 is 0 Å². The summed E-state index contributed by atoms with van der Waals surface area (Å²) in [6.07, 6.45) is 3.68. The van der Waals surface area contributed by atoms with Gasteiger partial charge in [0.15, 0.2) is 0 Å². The maximum atomic E-state index is 2.48. The predicted octanol–water partition coefficient (Wildman–Crippen LogP) is 6.23. The topological polar surface area (TPSA) is 0 Å². The minimum absolute atomic E-state index is 0.679. The van der Waals surface area contributed by atoms with Gasteiger partial charge in [-0.15, -0.1) is 0 Å². The Morgan fingerprint density at radius 1 is 0.722 bits per heavy atom. The van der Waals surface area contributed by atoms with Crippen molar-refractivity contribution in [2.24, 2.45) is 0 Å². The zero-order valence-electron chi connectivity index (χ0n) is 13.1. The fourth-order valence-electron chi connectivity index (χ4n) is 2.45. The molecular formula is C18H30. The van der Waals surface area contributed by atoms with Gasteiger partial charge in [-0.1, -0.05) is 59.7 Å². The van der Waals surface area contributed by atoms with Crippen molar-refractivity contribution in [2.75, 3.05) is 0 Å². The van der Waals surface area contributed by atoms with Crippen molar-refractivity contribution in [3.8, 4) is 0 Å². The lowest BCUT2D eigenvalue weighted by atomic mass is 9.83. The third-order valence-electron chi connectivity index (χ3n) is 4.58. The Hall–Kier alpha value is -0.780. The first-order valence-electron chi connectivity index (χ1n) is 7.68. The number of hydrogen-bond acceptors (Lipinski definition) is 0. The summed E-state index contributed by atoms with van der Waals surface area (Å²) in [7, 11) is 0. The zero-order valence-corrected chi connectivity index (χ0v) is 13.1. The average Bonchev–Trinajstić information content (AvgIpc) is 2.43. The van der Waals surface area contributed by atoms with Crippen LogP contribution in [0.1, 0.15) is 95.2 Å². The fourth-order valence-corrected chi connectivity index (χ4v) is 2.45. The van der Waals surface area contributed by atoms with Crippen LogP contribution in [0.2, 0.25) is 0 Å². The van der Waals surface area contributed by atoms with E-state index in [1.54, 1.807) is 11.1 Å². The molecule has 102 valence electrons. The van der Waals surface area contributed by atoms with Gasteiger partial charge < -0.3 is 0 Å². The molecule has 0 heteroatoms. The van der Waals surface area contributed by atoms with Gasteiger partial charge in [0, 0.05) is 0 Å². The molecule has 0 unspecified atom stereocenters. The minimum Gasteiger partial charge on any atom is -0.0648 e. The molecule has 0 saturated heterocycles. The van der Waals surface area contributed by atoms with E-state index in [2.05, 4.69) is 59.7 Å². The summed E-state index contributed by atoms with van der Waals surface area (Å²) in [4.78, 5) is 0. The molecule has 0 spiro atoms. The summed E-state index contributed by atoms with van der Waals surface area (Å²) in [5, 5.41) is 0. The molecule has 1 aromatic carbocycles. The summed E-state index contributed by atoms with van der Waals surface area (Å²) < 4.78 is 0. The Morgan fingerprint density at radius 2 is 1.22 bits per heavy atom. The summed E-state index contributed by atoms with van der Waals surface area (Å²) in [6.45, 7) is 13.9. The van der Waals surface area contributed by atoms with Gasteiger partial charge in [-0.25, -0.2) is 0 Å². The van der Waals surface area contributed by atoms with E-state index >= 15 is 0 Å². The van der Waals surface area contributed by atoms with Crippen LogP contribution in [0.15, 0.2) is 18.2 Å². The second-order valence-corrected chi connectivity index (χ2v) is 5.82. The molecule has 0 aromatic heterocycles. The van der Waals surface area contributed by atoms with Gasteiger partial charge in [0.1, 0.15) is 0 Å². The highest BCUT2D eigenvalue weighted by Crippen LogP contribution is 2.33. The standard InChI is InChI=1S/C18H30/c1-7-13(4)16-10-11-17(14(5)8-2)18(12-16)15(6)9-3/h10-15H,7-9H2,1-6H3/t13-,14-,15-/m0/s1. The van der Waals surface area contributed by atoms with Crippen LogP contribution in [-0.2, 0) is 0 Å². The van der Waals surface area contributed by atoms with Crippen molar-refractivity contribution < 1.29 is 0 Å². The summed E-state index contributed by atoms with van der Waals surface area (Å²) in [5.74, 6) is 2.04. The van der Waals surface area contributed by atoms with Crippen molar-refractivity contribution in [2.45, 2.75) is 78.6 Å². The van der Waals surface area contributed by atoms with Crippen molar-refractivity contribution >= 4 is 0 Å². The molecule has 18 heavy (non-hydrogen) atoms. The molecule has 0 aliphatic carbocycles. The molecule has 0 bridgehead atoms. The van der Waals surface area contributed by atoms with E-state index in [1.807, 2.05) is 0 Å². The van der Waals surface area contributed by atoms with Crippen LogP contribution in [0.5, 0.6) is 0 Å².